The van der Waals surface area contributed by atoms with Crippen molar-refractivity contribution in [2.24, 2.45) is 4.99 Å². The van der Waals surface area contributed by atoms with Gasteiger partial charge in [-0.15, -0.1) is 11.3 Å². The molecule has 0 spiro atoms. The van der Waals surface area contributed by atoms with Crippen LogP contribution in [-0.4, -0.2) is 25.1 Å². The molecule has 164 valence electrons. The van der Waals surface area contributed by atoms with Gasteiger partial charge in [0.1, 0.15) is 17.3 Å². The zero-order valence-corrected chi connectivity index (χ0v) is 18.6. The van der Waals surface area contributed by atoms with Crippen LogP contribution in [0.4, 0.5) is 10.8 Å². The molecule has 4 aromatic rings. The van der Waals surface area contributed by atoms with Gasteiger partial charge in [-0.3, -0.25) is 14.4 Å². The number of rotatable bonds is 6. The van der Waals surface area contributed by atoms with Gasteiger partial charge in [0.2, 0.25) is 0 Å². The quantitative estimate of drug-likeness (QED) is 0.416. The third-order valence-electron chi connectivity index (χ3n) is 4.77. The summed E-state index contributed by atoms with van der Waals surface area (Å²) in [5.74, 6) is 0.600. The van der Waals surface area contributed by atoms with Gasteiger partial charge in [0.05, 0.1) is 16.8 Å². The molecular weight excluding hydrogens is 460 g/mol. The first-order chi connectivity index (χ1) is 16.0. The largest absolute Gasteiger partial charge is 0.465 e. The number of carbonyl (C=O) groups excluding carboxylic acids is 1. The minimum atomic E-state index is -3.81. The second kappa shape index (κ2) is 8.49. The van der Waals surface area contributed by atoms with Crippen LogP contribution in [0.2, 0.25) is 0 Å². The molecule has 0 atom stereocenters. The van der Waals surface area contributed by atoms with Crippen molar-refractivity contribution >= 4 is 50.0 Å². The molecule has 2 aromatic carbocycles. The summed E-state index contributed by atoms with van der Waals surface area (Å²) in [5, 5.41) is 1.96. The first-order valence-electron chi connectivity index (χ1n) is 9.77. The minimum absolute atomic E-state index is 0.0534. The van der Waals surface area contributed by atoms with Gasteiger partial charge < -0.3 is 4.42 Å². The average molecular weight is 477 g/mol. The zero-order chi connectivity index (χ0) is 22.8. The predicted octanol–water partition coefficient (Wildman–Crippen LogP) is 4.37. The maximum absolute atomic E-state index is 13.3. The fraction of sp³-hybridized carbons (Fsp3) is 0. The topological polar surface area (TPSA) is 105 Å². The van der Waals surface area contributed by atoms with Crippen molar-refractivity contribution in [3.8, 4) is 0 Å². The highest BCUT2D eigenvalue weighted by Crippen LogP contribution is 2.29. The van der Waals surface area contributed by atoms with Gasteiger partial charge in [0.15, 0.2) is 5.13 Å². The van der Waals surface area contributed by atoms with E-state index in [2.05, 4.69) is 14.7 Å². The summed E-state index contributed by atoms with van der Waals surface area (Å²) < 4.78 is 33.0. The van der Waals surface area contributed by atoms with E-state index in [1.165, 1.54) is 40.8 Å². The van der Waals surface area contributed by atoms with Crippen molar-refractivity contribution in [3.05, 3.63) is 102 Å². The number of anilines is 2. The van der Waals surface area contributed by atoms with Crippen LogP contribution in [-0.2, 0) is 14.8 Å². The highest BCUT2D eigenvalue weighted by atomic mass is 32.2. The van der Waals surface area contributed by atoms with E-state index in [0.29, 0.717) is 17.3 Å². The molecule has 0 saturated carbocycles. The van der Waals surface area contributed by atoms with E-state index >= 15 is 0 Å². The third-order valence-corrected chi connectivity index (χ3v) is 6.95. The molecule has 10 heteroatoms. The number of sulfonamides is 1. The Kier molecular flexibility index (Phi) is 5.37. The van der Waals surface area contributed by atoms with Crippen LogP contribution < -0.4 is 9.62 Å². The Balaban J connectivity index is 1.50. The molecule has 1 aliphatic heterocycles. The van der Waals surface area contributed by atoms with Crippen molar-refractivity contribution in [2.45, 2.75) is 4.90 Å². The molecule has 0 unspecified atom stereocenters. The Morgan fingerprint density at radius 1 is 1.00 bits per heavy atom. The Labute approximate surface area is 193 Å². The van der Waals surface area contributed by atoms with Crippen molar-refractivity contribution in [1.82, 2.24) is 4.98 Å². The van der Waals surface area contributed by atoms with E-state index in [0.717, 1.165) is 5.56 Å². The number of aliphatic imine (C=N–C) groups is 1. The fourth-order valence-electron chi connectivity index (χ4n) is 3.27. The molecule has 3 heterocycles. The van der Waals surface area contributed by atoms with Gasteiger partial charge in [-0.2, -0.15) is 0 Å². The molecule has 1 N–H and O–H groups in total. The summed E-state index contributed by atoms with van der Waals surface area (Å²) in [6.45, 7) is 0. The molecule has 0 saturated heterocycles. The minimum Gasteiger partial charge on any atom is -0.465 e. The maximum atomic E-state index is 13.3. The van der Waals surface area contributed by atoms with Crippen LogP contribution in [0.1, 0.15) is 11.3 Å². The van der Waals surface area contributed by atoms with Gasteiger partial charge in [0.25, 0.3) is 15.9 Å². The zero-order valence-electron chi connectivity index (χ0n) is 17.0. The molecule has 33 heavy (non-hydrogen) atoms. The highest BCUT2D eigenvalue weighted by Gasteiger charge is 2.33. The molecular formula is C23H16N4O4S2. The number of aromatic nitrogens is 1. The van der Waals surface area contributed by atoms with Crippen LogP contribution in [0, 0.1) is 0 Å². The van der Waals surface area contributed by atoms with Crippen LogP contribution in [0.25, 0.3) is 6.08 Å². The summed E-state index contributed by atoms with van der Waals surface area (Å²) in [7, 11) is -3.81. The number of benzene rings is 2. The Morgan fingerprint density at radius 2 is 1.79 bits per heavy atom. The molecule has 2 aromatic heterocycles. The smallest absolute Gasteiger partial charge is 0.282 e. The molecule has 1 amide bonds. The lowest BCUT2D eigenvalue weighted by molar-refractivity contribution is -0.113. The second-order valence-electron chi connectivity index (χ2n) is 6.92. The van der Waals surface area contributed by atoms with Gasteiger partial charge >= 0.3 is 0 Å². The van der Waals surface area contributed by atoms with Crippen molar-refractivity contribution in [2.75, 3.05) is 9.62 Å². The molecule has 1 aliphatic rings. The molecule has 0 radical (unpaired) electrons. The fourth-order valence-corrected chi connectivity index (χ4v) is 5.06. The first kappa shape index (κ1) is 20.9. The van der Waals surface area contributed by atoms with Crippen LogP contribution in [0.3, 0.4) is 0 Å². The van der Waals surface area contributed by atoms with Gasteiger partial charge in [0, 0.05) is 23.2 Å². The monoisotopic (exact) mass is 476 g/mol. The lowest BCUT2D eigenvalue weighted by atomic mass is 10.2. The van der Waals surface area contributed by atoms with Crippen LogP contribution in [0.5, 0.6) is 0 Å². The summed E-state index contributed by atoms with van der Waals surface area (Å²) in [4.78, 5) is 23.3. The number of furan rings is 1. The SMILES string of the molecule is O=C1C(=Cc2ccco2)N=C(c2ccccc2)N1c1ccc(S(=O)(=O)Nc2nccs2)cc1. The van der Waals surface area contributed by atoms with E-state index in [9.17, 15) is 13.2 Å². The lowest BCUT2D eigenvalue weighted by Crippen LogP contribution is -2.32. The van der Waals surface area contributed by atoms with Crippen molar-refractivity contribution in [3.63, 3.8) is 0 Å². The number of nitrogens with one attached hydrogen (secondary N) is 1. The van der Waals surface area contributed by atoms with E-state index in [1.54, 1.807) is 35.7 Å². The molecule has 8 nitrogen and oxygen atoms in total. The Morgan fingerprint density at radius 3 is 2.45 bits per heavy atom. The van der Waals surface area contributed by atoms with Crippen molar-refractivity contribution in [1.29, 1.82) is 0 Å². The average Bonchev–Trinajstić information content (AvgIpc) is 3.58. The third kappa shape index (κ3) is 4.21. The molecule has 0 aliphatic carbocycles. The van der Waals surface area contributed by atoms with E-state index in [1.807, 2.05) is 30.3 Å². The molecule has 0 bridgehead atoms. The molecule has 5 rings (SSSR count). The number of amides is 1. The summed E-state index contributed by atoms with van der Waals surface area (Å²) >= 11 is 1.18. The number of nitrogens with zero attached hydrogens (tertiary/aromatic N) is 3. The standard InChI is InChI=1S/C23H16N4O4S2/c28-22-20(15-18-7-4-13-31-18)25-21(16-5-2-1-3-6-16)27(22)17-8-10-19(11-9-17)33(29,30)26-23-24-12-14-32-23/h1-15H,(H,24,26). The summed E-state index contributed by atoms with van der Waals surface area (Å²) in [5.41, 5.74) is 1.44. The van der Waals surface area contributed by atoms with Gasteiger partial charge in [-0.05, 0) is 36.4 Å². The van der Waals surface area contributed by atoms with E-state index in [-0.39, 0.29) is 21.6 Å². The first-order valence-corrected chi connectivity index (χ1v) is 12.1. The van der Waals surface area contributed by atoms with E-state index in [4.69, 9.17) is 4.42 Å². The summed E-state index contributed by atoms with van der Waals surface area (Å²) in [6.07, 6.45) is 4.61. The normalized spacial score (nSPS) is 15.2. The second-order valence-corrected chi connectivity index (χ2v) is 9.50. The maximum Gasteiger partial charge on any atom is 0.282 e. The lowest BCUT2D eigenvalue weighted by Gasteiger charge is -2.19. The summed E-state index contributed by atoms with van der Waals surface area (Å²) in [6, 6.07) is 18.8. The van der Waals surface area contributed by atoms with Crippen LogP contribution in [0.15, 0.2) is 105 Å². The highest BCUT2D eigenvalue weighted by molar-refractivity contribution is 7.93. The Bertz CT molecular complexity index is 1440. The Hall–Kier alpha value is -4.02. The number of hydrogen-bond donors (Lipinski definition) is 1. The van der Waals surface area contributed by atoms with Gasteiger partial charge in [-0.25, -0.2) is 18.4 Å². The van der Waals surface area contributed by atoms with E-state index < -0.39 is 10.0 Å². The van der Waals surface area contributed by atoms with Crippen molar-refractivity contribution < 1.29 is 17.6 Å². The number of carbonyl (C=O) groups is 1. The predicted molar refractivity (Wildman–Crippen MR) is 127 cm³/mol. The number of hydrogen-bond acceptors (Lipinski definition) is 7. The number of thiazole rings is 1. The van der Waals surface area contributed by atoms with Gasteiger partial charge in [-0.1, -0.05) is 30.3 Å². The number of amidine groups is 1. The van der Waals surface area contributed by atoms with Crippen LogP contribution >= 0.6 is 11.3 Å². The molecule has 0 fully saturated rings.